The summed E-state index contributed by atoms with van der Waals surface area (Å²) in [4.78, 5) is 138. The molecule has 0 saturated heterocycles. The van der Waals surface area contributed by atoms with Gasteiger partial charge in [-0.05, 0) is 129 Å². The van der Waals surface area contributed by atoms with Crippen LogP contribution in [0.3, 0.4) is 0 Å². The predicted molar refractivity (Wildman–Crippen MR) is 439 cm³/mol. The number of hydrogen-bond donors (Lipinski definition) is 5. The van der Waals surface area contributed by atoms with Crippen LogP contribution >= 0.6 is 49.9 Å². The fourth-order valence-corrected chi connectivity index (χ4v) is 16.7. The number of thiophene rings is 3. The van der Waals surface area contributed by atoms with Gasteiger partial charge >= 0.3 is 29.0 Å². The summed E-state index contributed by atoms with van der Waals surface area (Å²) in [7, 11) is 4.03. The van der Waals surface area contributed by atoms with Crippen LogP contribution in [0.5, 0.6) is 17.2 Å². The third kappa shape index (κ3) is 17.4. The van der Waals surface area contributed by atoms with E-state index in [9.17, 15) is 86.6 Å². The van der Waals surface area contributed by atoms with E-state index in [1.54, 1.807) is 26.8 Å². The Labute approximate surface area is 689 Å². The molecular weight excluding hydrogens is 1670 g/mol. The van der Waals surface area contributed by atoms with E-state index in [0.717, 1.165) is 77.3 Å². The van der Waals surface area contributed by atoms with Gasteiger partial charge in [0, 0.05) is 52.6 Å². The van der Waals surface area contributed by atoms with E-state index >= 15 is 0 Å². The van der Waals surface area contributed by atoms with Gasteiger partial charge in [-0.15, -0.1) is 27.5 Å². The quantitative estimate of drug-likeness (QED) is 0.0173. The van der Waals surface area contributed by atoms with E-state index in [2.05, 4.69) is 59.7 Å². The first kappa shape index (κ1) is 90.2. The number of aliphatic carboxylic acids is 2. The van der Waals surface area contributed by atoms with Crippen LogP contribution in [-0.4, -0.2) is 155 Å². The van der Waals surface area contributed by atoms with Crippen LogP contribution in [0, 0.1) is 44.1 Å². The zero-order chi connectivity index (χ0) is 87.3. The zero-order valence-electron chi connectivity index (χ0n) is 66.5. The van der Waals surface area contributed by atoms with Gasteiger partial charge in [-0.25, -0.2) is 50.8 Å². The number of benzene rings is 3. The summed E-state index contributed by atoms with van der Waals surface area (Å²) in [6, 6.07) is 10.6. The molecule has 0 aliphatic heterocycles. The van der Waals surface area contributed by atoms with Gasteiger partial charge in [-0.1, -0.05) is 75.9 Å². The lowest BCUT2D eigenvalue weighted by atomic mass is 9.89. The van der Waals surface area contributed by atoms with E-state index < -0.39 is 123 Å². The van der Waals surface area contributed by atoms with Crippen molar-refractivity contribution in [2.24, 2.45) is 5.92 Å². The Kier molecular flexibility index (Phi) is 27.6. The highest BCUT2D eigenvalue weighted by Crippen LogP contribution is 2.41. The monoisotopic (exact) mass is 1750 g/mol. The number of carbonyl (C=O) groups excluding carboxylic acids is 2. The summed E-state index contributed by atoms with van der Waals surface area (Å²) in [5.74, 6) is -5.37. The Bertz CT molecular complexity index is 6230. The number of alkyl halides is 1. The van der Waals surface area contributed by atoms with Gasteiger partial charge in [0.2, 0.25) is 0 Å². The molecule has 0 aliphatic rings. The summed E-state index contributed by atoms with van der Waals surface area (Å²) in [5, 5.41) is 80.5. The number of halogens is 4. The Morgan fingerprint density at radius 3 is 1.19 bits per heavy atom. The normalized spacial score (nSPS) is 12.7. The van der Waals surface area contributed by atoms with Crippen LogP contribution in [0.1, 0.15) is 113 Å². The number of carbonyl (C=O) groups is 4. The van der Waals surface area contributed by atoms with E-state index in [1.165, 1.54) is 155 Å². The smallest absolute Gasteiger partial charge is 0.333 e. The molecule has 0 aliphatic carbocycles. The lowest BCUT2D eigenvalue weighted by molar-refractivity contribution is -0.146. The van der Waals surface area contributed by atoms with Crippen LogP contribution in [0.2, 0.25) is 0 Å². The standard InChI is InChI=1S/C28H34FN5O6S.C25H26FN5O6S.C22H20FN5O6S.C3H5Br/c1-16(2)13-21(36)27(4,5)33-23(37)22-17(3)24(34-30-10-11-31-34)41-25(22)32(26(33)38)15-28(39,9-12-35)19-14-18(29)7-8-20(19)40-6;1-6-9-25(36,16-12-15(26)7-8-17(16)37-5)13-29-21-18(14(2)20(38-21)31-27-10-11-28-31)19(32)30(23(29)35)24(3,4)22(33)34;1-11-16-17(30)27(22(2,3)20(31)32)21(33)26(19(16)35-18(11)28-24-7-8-25-28)10-14(29)13-9-12(23)5-6-15(13)34-4;1-2-3-4/h7-8,10-11,14,16,35,39H,9,12-13,15H2,1-6H3;6-8,10-12,36H,1,9,13H2,2-5H3,(H,33,34);5-9H,10H2,1-4H3,(H,31,32);2H,1,3H2. The molecule has 33 nitrogen and oxygen atoms in total. The van der Waals surface area contributed by atoms with Crippen molar-refractivity contribution < 1.29 is 72.1 Å². The van der Waals surface area contributed by atoms with Crippen molar-refractivity contribution in [3.05, 3.63) is 230 Å². The van der Waals surface area contributed by atoms with E-state index in [4.69, 9.17) is 14.2 Å². The molecule has 0 spiro atoms. The lowest BCUT2D eigenvalue weighted by Crippen LogP contribution is -2.53. The minimum absolute atomic E-state index is 0.0149. The number of rotatable bonds is 28. The van der Waals surface area contributed by atoms with E-state index in [1.807, 2.05) is 13.8 Å². The number of carboxylic acids is 2. The van der Waals surface area contributed by atoms with Crippen molar-refractivity contribution in [2.45, 2.75) is 143 Å². The summed E-state index contributed by atoms with van der Waals surface area (Å²) < 4.78 is 64.0. The molecule has 9 aromatic heterocycles. The van der Waals surface area contributed by atoms with Crippen molar-refractivity contribution in [3.63, 3.8) is 0 Å². The first-order valence-corrected chi connectivity index (χ1v) is 39.5. The molecule has 0 radical (unpaired) electrons. The number of nitrogens with zero attached hydrogens (tertiary/aromatic N) is 15. The molecule has 626 valence electrons. The predicted octanol–water partition coefficient (Wildman–Crippen LogP) is 8.96. The second kappa shape index (κ2) is 36.0. The summed E-state index contributed by atoms with van der Waals surface area (Å²) >= 11 is 6.22. The minimum Gasteiger partial charge on any atom is -0.496 e. The highest BCUT2D eigenvalue weighted by molar-refractivity contribution is 9.09. The molecule has 40 heteroatoms. The molecule has 0 fully saturated rings. The van der Waals surface area contributed by atoms with Gasteiger partial charge in [0.05, 0.1) is 99.9 Å². The van der Waals surface area contributed by atoms with E-state index in [-0.39, 0.29) is 95.6 Å². The van der Waals surface area contributed by atoms with Crippen molar-refractivity contribution in [1.82, 2.24) is 72.4 Å². The van der Waals surface area contributed by atoms with Crippen molar-refractivity contribution in [3.8, 4) is 32.3 Å². The van der Waals surface area contributed by atoms with Gasteiger partial charge in [0.15, 0.2) is 11.6 Å². The maximum absolute atomic E-state index is 14.4. The number of aliphatic hydroxyl groups excluding tert-OH is 1. The van der Waals surface area contributed by atoms with Crippen molar-refractivity contribution in [2.75, 3.05) is 33.3 Å². The van der Waals surface area contributed by atoms with Crippen molar-refractivity contribution >= 4 is 104 Å². The van der Waals surface area contributed by atoms with Crippen LogP contribution in [0.15, 0.2) is 146 Å². The number of allylic oxidation sites excluding steroid dienone is 1. The first-order chi connectivity index (χ1) is 55.5. The first-order valence-electron chi connectivity index (χ1n) is 35.9. The van der Waals surface area contributed by atoms with Gasteiger partial charge in [0.25, 0.3) is 16.7 Å². The molecule has 0 saturated carbocycles. The van der Waals surface area contributed by atoms with Crippen molar-refractivity contribution in [1.29, 1.82) is 0 Å². The molecule has 2 unspecified atom stereocenters. The van der Waals surface area contributed by atoms with E-state index in [0.29, 0.717) is 40.8 Å². The third-order valence-electron chi connectivity index (χ3n) is 19.4. The Morgan fingerprint density at radius 2 is 0.856 bits per heavy atom. The fourth-order valence-electron chi connectivity index (χ4n) is 13.1. The average molecular weight is 1750 g/mol. The maximum atomic E-state index is 14.4. The fraction of sp³-hybridized carbons (Fsp3) is 0.359. The number of aliphatic hydroxyl groups is 3. The number of fused-ring (bicyclic) bond motifs is 3. The van der Waals surface area contributed by atoms with Gasteiger partial charge in [-0.2, -0.15) is 30.6 Å². The molecule has 118 heavy (non-hydrogen) atoms. The SMILES string of the molecule is C=CCBr.C=CCC(O)(Cn1c(=O)n(C(C)(C)C(=O)O)c(=O)c2c(C)c(-n3nccn3)sc21)c1cc(F)ccc1OC.COc1ccc(F)cc1C(=O)Cn1c(=O)n(C(C)(C)C(=O)O)c(=O)c2c(C)c(-n3nccn3)sc21.COc1ccc(F)cc1C(O)(CCO)Cn1c(=O)n(C(C)(C)C(=O)CC(C)C)c(=O)c2c(C)c(-n3nccn3)sc21. The summed E-state index contributed by atoms with van der Waals surface area (Å²) in [5.41, 5.74) is -13.1. The Hall–Kier alpha value is -11.7. The molecule has 9 heterocycles. The molecule has 2 atom stereocenters. The van der Waals surface area contributed by atoms with Crippen LogP contribution in [0.4, 0.5) is 13.2 Å². The van der Waals surface area contributed by atoms with Gasteiger partial charge in [0.1, 0.15) is 92.0 Å². The van der Waals surface area contributed by atoms with Gasteiger partial charge < -0.3 is 39.7 Å². The molecule has 0 amide bonds. The molecule has 12 aromatic rings. The van der Waals surface area contributed by atoms with Crippen LogP contribution in [0.25, 0.3) is 45.7 Å². The molecule has 12 rings (SSSR count). The summed E-state index contributed by atoms with van der Waals surface area (Å²) in [6.45, 7) is 21.7. The number of methoxy groups -OCH3 is 3. The molecular formula is C78H85BrF3N15O18S3. The largest absolute Gasteiger partial charge is 0.496 e. The number of Topliss-reactive ketones (excluding diaryl/α,β-unsaturated/α-hetero) is 2. The number of ether oxygens (including phenoxy) is 3. The molecule has 0 bridgehead atoms. The maximum Gasteiger partial charge on any atom is 0.333 e. The Morgan fingerprint density at radius 1 is 0.525 bits per heavy atom. The second-order valence-corrected chi connectivity index (χ2v) is 32.4. The summed E-state index contributed by atoms with van der Waals surface area (Å²) in [6.07, 6.45) is 11.6. The molecule has 5 N–H and O–H groups in total. The minimum atomic E-state index is -2.00. The topological polar surface area (TPSA) is 421 Å². The number of aromatic nitrogens is 15. The highest BCUT2D eigenvalue weighted by atomic mass is 79.9. The number of hydrogen-bond acceptors (Lipinski definition) is 25. The average Bonchev–Trinajstić information content (AvgIpc) is 1.55. The number of carboxylic acid groups (broad SMARTS) is 2. The lowest BCUT2D eigenvalue weighted by Gasteiger charge is -2.32. The Balaban J connectivity index is 0.000000198. The highest BCUT2D eigenvalue weighted by Gasteiger charge is 2.43. The van der Waals surface area contributed by atoms with Crippen LogP contribution < -0.4 is 48.0 Å². The number of ketones is 2. The zero-order valence-corrected chi connectivity index (χ0v) is 70.5. The molecule has 3 aromatic carbocycles. The van der Waals surface area contributed by atoms with Gasteiger partial charge in [-0.3, -0.25) is 37.7 Å². The third-order valence-corrected chi connectivity index (χ3v) is 23.7. The second-order valence-electron chi connectivity index (χ2n) is 28.9. The number of aryl methyl sites for hydroxylation is 3. The van der Waals surface area contributed by atoms with Crippen LogP contribution in [-0.2, 0) is 61.8 Å².